The van der Waals surface area contributed by atoms with Crippen molar-refractivity contribution in [1.82, 2.24) is 0 Å². The van der Waals surface area contributed by atoms with Crippen molar-refractivity contribution in [3.05, 3.63) is 35.9 Å². The number of carbonyl (C=O) groups excluding carboxylic acids is 2. The Morgan fingerprint density at radius 2 is 1.39 bits per heavy atom. The topological polar surface area (TPSA) is 91.1 Å². The highest BCUT2D eigenvalue weighted by atomic mass is 16.5. The minimum Gasteiger partial charge on any atom is -0.381 e. The molecule has 0 spiro atoms. The molecule has 2 rings (SSSR count). The third-order valence-corrected chi connectivity index (χ3v) is 1.77. The number of nitrogens with one attached hydrogen (secondary N) is 2. The lowest BCUT2D eigenvalue weighted by molar-refractivity contribution is 0.198. The van der Waals surface area contributed by atoms with E-state index in [2.05, 4.69) is 19.1 Å². The van der Waals surface area contributed by atoms with Crippen molar-refractivity contribution in [3.8, 4) is 0 Å². The summed E-state index contributed by atoms with van der Waals surface area (Å²) in [5.74, 6) is 0. The van der Waals surface area contributed by atoms with E-state index in [1.807, 2.05) is 18.2 Å². The number of benzene rings is 1. The quantitative estimate of drug-likeness (QED) is 0.547. The lowest BCUT2D eigenvalue weighted by Gasteiger charge is -1.82. The van der Waals surface area contributed by atoms with E-state index in [0.29, 0.717) is 0 Å². The molecule has 0 saturated carbocycles. The number of isocyanates is 2. The zero-order chi connectivity index (χ0) is 14.1. The van der Waals surface area contributed by atoms with Crippen molar-refractivity contribution in [2.75, 3.05) is 13.2 Å². The van der Waals surface area contributed by atoms with Crippen molar-refractivity contribution >= 4 is 12.2 Å². The van der Waals surface area contributed by atoms with Gasteiger partial charge in [-0.15, -0.1) is 0 Å². The van der Waals surface area contributed by atoms with Crippen LogP contribution in [0.5, 0.6) is 0 Å². The lowest BCUT2D eigenvalue weighted by Crippen LogP contribution is -1.74. The number of aryl methyl sites for hydroxylation is 1. The standard InChI is InChI=1S/C7H8.C4H8O.2CHNO/c1-7-5-3-2-4-6-7;1-2-4-5-3-1;2*2-1-3/h2-6H,1H3;1-4H2;2*2H. The Balaban J connectivity index is 0. The van der Waals surface area contributed by atoms with E-state index < -0.39 is 0 Å². The zero-order valence-electron chi connectivity index (χ0n) is 10.4. The third kappa shape index (κ3) is 19.5. The number of hydrogen-bond acceptors (Lipinski definition) is 5. The van der Waals surface area contributed by atoms with Crippen LogP contribution < -0.4 is 0 Å². The van der Waals surface area contributed by atoms with E-state index in [1.54, 1.807) is 0 Å². The second kappa shape index (κ2) is 17.3. The van der Waals surface area contributed by atoms with E-state index in [1.165, 1.54) is 18.4 Å². The molecule has 0 atom stereocenters. The average molecular weight is 250 g/mol. The third-order valence-electron chi connectivity index (χ3n) is 1.77. The van der Waals surface area contributed by atoms with E-state index >= 15 is 0 Å². The van der Waals surface area contributed by atoms with Gasteiger partial charge in [-0.3, -0.25) is 0 Å². The Morgan fingerprint density at radius 3 is 1.56 bits per heavy atom. The molecule has 1 aliphatic rings. The van der Waals surface area contributed by atoms with Crippen LogP contribution in [0.1, 0.15) is 18.4 Å². The van der Waals surface area contributed by atoms with E-state index in [9.17, 15) is 0 Å². The molecule has 0 amide bonds. The van der Waals surface area contributed by atoms with Crippen LogP contribution in [0.3, 0.4) is 0 Å². The Morgan fingerprint density at radius 1 is 1.00 bits per heavy atom. The van der Waals surface area contributed by atoms with Gasteiger partial charge in [0, 0.05) is 13.2 Å². The van der Waals surface area contributed by atoms with E-state index in [-0.39, 0.29) is 0 Å². The van der Waals surface area contributed by atoms with Crippen molar-refractivity contribution < 1.29 is 14.3 Å². The number of hydrogen-bond donors (Lipinski definition) is 2. The molecule has 1 aliphatic heterocycles. The van der Waals surface area contributed by atoms with Crippen LogP contribution in [0.25, 0.3) is 0 Å². The van der Waals surface area contributed by atoms with Crippen LogP contribution >= 0.6 is 0 Å². The molecule has 1 fully saturated rings. The lowest BCUT2D eigenvalue weighted by atomic mass is 10.2. The highest BCUT2D eigenvalue weighted by molar-refractivity contribution is 5.26. The maximum atomic E-state index is 8.35. The molecule has 2 N–H and O–H groups in total. The van der Waals surface area contributed by atoms with Gasteiger partial charge < -0.3 is 4.74 Å². The summed E-state index contributed by atoms with van der Waals surface area (Å²) in [5.41, 5.74) is 1.32. The summed E-state index contributed by atoms with van der Waals surface area (Å²) in [6.45, 7) is 4.08. The van der Waals surface area contributed by atoms with Gasteiger partial charge in [-0.25, -0.2) is 20.4 Å². The Bertz CT molecular complexity index is 317. The van der Waals surface area contributed by atoms with Gasteiger partial charge in [-0.05, 0) is 19.8 Å². The predicted molar refractivity (Wildman–Crippen MR) is 68.1 cm³/mol. The van der Waals surface area contributed by atoms with E-state index in [4.69, 9.17) is 25.1 Å². The SMILES string of the molecule is C1CCOC1.Cc1ccccc1.N=C=O.N=C=O. The highest BCUT2D eigenvalue weighted by Crippen LogP contribution is 1.98. The molecule has 0 aliphatic carbocycles. The smallest absolute Gasteiger partial charge is 0.231 e. The van der Waals surface area contributed by atoms with Crippen molar-refractivity contribution in [1.29, 1.82) is 10.8 Å². The summed E-state index contributed by atoms with van der Waals surface area (Å²) in [5, 5.41) is 10.8. The molecule has 5 heteroatoms. The Kier molecular flexibility index (Phi) is 17.6. The summed E-state index contributed by atoms with van der Waals surface area (Å²) in [6, 6.07) is 10.3. The normalized spacial score (nSPS) is 10.9. The van der Waals surface area contributed by atoms with Crippen LogP contribution in [-0.2, 0) is 14.3 Å². The molecule has 0 radical (unpaired) electrons. The van der Waals surface area contributed by atoms with Crippen molar-refractivity contribution in [3.63, 3.8) is 0 Å². The Labute approximate surface area is 107 Å². The van der Waals surface area contributed by atoms with Gasteiger partial charge in [0.2, 0.25) is 12.2 Å². The van der Waals surface area contributed by atoms with Crippen LogP contribution in [0.4, 0.5) is 0 Å². The zero-order valence-corrected chi connectivity index (χ0v) is 10.4. The molecular formula is C13H18N2O3. The minimum atomic E-state index is 0.750. The predicted octanol–water partition coefficient (Wildman–Crippen LogP) is 2.59. The van der Waals surface area contributed by atoms with Crippen molar-refractivity contribution in [2.45, 2.75) is 19.8 Å². The maximum absolute atomic E-state index is 8.35. The first-order valence-corrected chi connectivity index (χ1v) is 5.40. The largest absolute Gasteiger partial charge is 0.381 e. The van der Waals surface area contributed by atoms with Gasteiger partial charge in [0.1, 0.15) is 0 Å². The first-order chi connectivity index (χ1) is 8.72. The maximum Gasteiger partial charge on any atom is 0.231 e. The molecular weight excluding hydrogens is 232 g/mol. The summed E-state index contributed by atoms with van der Waals surface area (Å²) in [7, 11) is 0. The molecule has 0 bridgehead atoms. The summed E-state index contributed by atoms with van der Waals surface area (Å²) < 4.78 is 4.94. The molecule has 1 aromatic rings. The first kappa shape index (κ1) is 18.3. The van der Waals surface area contributed by atoms with Crippen LogP contribution in [0.2, 0.25) is 0 Å². The monoisotopic (exact) mass is 250 g/mol. The average Bonchev–Trinajstić information content (AvgIpc) is 2.90. The van der Waals surface area contributed by atoms with Gasteiger partial charge >= 0.3 is 0 Å². The molecule has 18 heavy (non-hydrogen) atoms. The number of ether oxygens (including phenoxy) is 1. The fourth-order valence-electron chi connectivity index (χ4n) is 1.04. The molecule has 0 unspecified atom stereocenters. The Hall–Kier alpha value is -2.06. The summed E-state index contributed by atoms with van der Waals surface area (Å²) in [6.07, 6.45) is 4.06. The molecule has 0 aromatic heterocycles. The summed E-state index contributed by atoms with van der Waals surface area (Å²) >= 11 is 0. The summed E-state index contributed by atoms with van der Waals surface area (Å²) in [4.78, 5) is 16.7. The van der Waals surface area contributed by atoms with Gasteiger partial charge in [-0.2, -0.15) is 0 Å². The second-order valence-corrected chi connectivity index (χ2v) is 3.18. The fourth-order valence-corrected chi connectivity index (χ4v) is 1.04. The molecule has 98 valence electrons. The van der Waals surface area contributed by atoms with E-state index in [0.717, 1.165) is 25.4 Å². The van der Waals surface area contributed by atoms with Gasteiger partial charge in [0.25, 0.3) is 0 Å². The fraction of sp³-hybridized carbons (Fsp3) is 0.385. The molecule has 1 saturated heterocycles. The minimum absolute atomic E-state index is 0.750. The molecule has 1 heterocycles. The molecule has 5 nitrogen and oxygen atoms in total. The van der Waals surface area contributed by atoms with Crippen LogP contribution in [-0.4, -0.2) is 25.4 Å². The van der Waals surface area contributed by atoms with Crippen molar-refractivity contribution in [2.24, 2.45) is 0 Å². The van der Waals surface area contributed by atoms with Crippen LogP contribution in [0, 0.1) is 17.7 Å². The highest BCUT2D eigenvalue weighted by Gasteiger charge is 1.94. The number of rotatable bonds is 0. The van der Waals surface area contributed by atoms with Crippen LogP contribution in [0.15, 0.2) is 30.3 Å². The van der Waals surface area contributed by atoms with Gasteiger partial charge in [-0.1, -0.05) is 35.9 Å². The van der Waals surface area contributed by atoms with Gasteiger partial charge in [0.05, 0.1) is 0 Å². The molecule has 1 aromatic carbocycles. The van der Waals surface area contributed by atoms with Gasteiger partial charge in [0.15, 0.2) is 0 Å². The first-order valence-electron chi connectivity index (χ1n) is 5.40. The second-order valence-electron chi connectivity index (χ2n) is 3.18.